The summed E-state index contributed by atoms with van der Waals surface area (Å²) in [5, 5.41) is 8.36. The second-order valence-corrected chi connectivity index (χ2v) is 6.13. The van der Waals surface area contributed by atoms with Crippen LogP contribution in [0, 0.1) is 5.92 Å². The third-order valence-corrected chi connectivity index (χ3v) is 4.23. The minimum absolute atomic E-state index is 0.184. The van der Waals surface area contributed by atoms with Crippen molar-refractivity contribution in [3.8, 4) is 0 Å². The van der Waals surface area contributed by atoms with Gasteiger partial charge in [0.2, 0.25) is 5.89 Å². The summed E-state index contributed by atoms with van der Waals surface area (Å²) < 4.78 is 7.32. The fourth-order valence-electron chi connectivity index (χ4n) is 2.84. The molecule has 0 radical (unpaired) electrons. The Morgan fingerprint density at radius 1 is 1.38 bits per heavy atom. The molecule has 2 aromatic rings. The zero-order valence-corrected chi connectivity index (χ0v) is 12.8. The summed E-state index contributed by atoms with van der Waals surface area (Å²) in [6.07, 6.45) is 7.12. The first-order valence-electron chi connectivity index (χ1n) is 7.69. The maximum absolute atomic E-state index is 5.43. The molecule has 2 aromatic heterocycles. The summed E-state index contributed by atoms with van der Waals surface area (Å²) in [5.74, 6) is 2.44. The molecule has 0 bridgehead atoms. The molecule has 6 nitrogen and oxygen atoms in total. The van der Waals surface area contributed by atoms with Crippen molar-refractivity contribution in [3.05, 3.63) is 30.2 Å². The van der Waals surface area contributed by atoms with E-state index in [2.05, 4.69) is 34.1 Å². The Bertz CT molecular complexity index is 542. The molecule has 3 rings (SSSR count). The van der Waals surface area contributed by atoms with Gasteiger partial charge < -0.3 is 9.42 Å². The molecule has 6 heteroatoms. The van der Waals surface area contributed by atoms with E-state index in [9.17, 15) is 0 Å². The van der Waals surface area contributed by atoms with Crippen LogP contribution in [0.15, 0.2) is 23.0 Å². The summed E-state index contributed by atoms with van der Waals surface area (Å²) in [5.41, 5.74) is 0. The van der Waals surface area contributed by atoms with Crippen LogP contribution < -0.4 is 0 Å². The number of likely N-dealkylation sites (tertiary alicyclic amines) is 1. The van der Waals surface area contributed by atoms with E-state index in [0.717, 1.165) is 18.8 Å². The molecule has 0 aliphatic carbocycles. The monoisotopic (exact) mass is 289 g/mol. The van der Waals surface area contributed by atoms with Crippen LogP contribution in [0.4, 0.5) is 0 Å². The van der Waals surface area contributed by atoms with E-state index >= 15 is 0 Å². The molecular weight excluding hydrogens is 266 g/mol. The zero-order chi connectivity index (χ0) is 14.7. The van der Waals surface area contributed by atoms with Gasteiger partial charge in [-0.05, 0) is 45.0 Å². The molecule has 0 amide bonds. The number of hydrogen-bond acceptors (Lipinski definition) is 5. The first-order chi connectivity index (χ1) is 10.2. The van der Waals surface area contributed by atoms with Crippen molar-refractivity contribution in [3.63, 3.8) is 0 Å². The van der Waals surface area contributed by atoms with Crippen LogP contribution in [0.2, 0.25) is 0 Å². The average molecular weight is 289 g/mol. The Labute approximate surface area is 125 Å². The van der Waals surface area contributed by atoms with E-state index in [-0.39, 0.29) is 5.92 Å². The van der Waals surface area contributed by atoms with Crippen molar-refractivity contribution in [2.75, 3.05) is 20.1 Å². The minimum Gasteiger partial charge on any atom is -0.339 e. The molecule has 1 atom stereocenters. The van der Waals surface area contributed by atoms with Gasteiger partial charge in [-0.1, -0.05) is 12.1 Å². The molecule has 1 saturated heterocycles. The summed E-state index contributed by atoms with van der Waals surface area (Å²) in [6, 6.07) is 1.92. The van der Waals surface area contributed by atoms with Gasteiger partial charge in [0.15, 0.2) is 5.82 Å². The van der Waals surface area contributed by atoms with E-state index < -0.39 is 0 Å². The molecule has 1 aliphatic rings. The quantitative estimate of drug-likeness (QED) is 0.842. The molecule has 0 aromatic carbocycles. The van der Waals surface area contributed by atoms with E-state index in [0.29, 0.717) is 11.8 Å². The van der Waals surface area contributed by atoms with Crippen LogP contribution in [0.5, 0.6) is 0 Å². The third kappa shape index (κ3) is 3.69. The lowest BCUT2D eigenvalue weighted by molar-refractivity contribution is 0.216. The third-order valence-electron chi connectivity index (χ3n) is 4.23. The van der Waals surface area contributed by atoms with Crippen molar-refractivity contribution in [1.29, 1.82) is 0 Å². The molecule has 114 valence electrons. The second kappa shape index (κ2) is 6.39. The van der Waals surface area contributed by atoms with Gasteiger partial charge in [0.1, 0.15) is 0 Å². The Morgan fingerprint density at radius 2 is 2.19 bits per heavy atom. The number of piperidine rings is 1. The molecule has 3 heterocycles. The van der Waals surface area contributed by atoms with Crippen molar-refractivity contribution in [2.24, 2.45) is 5.92 Å². The zero-order valence-electron chi connectivity index (χ0n) is 12.8. The predicted octanol–water partition coefficient (Wildman–Crippen LogP) is 1.95. The van der Waals surface area contributed by atoms with Gasteiger partial charge in [-0.15, -0.1) is 0 Å². The van der Waals surface area contributed by atoms with Gasteiger partial charge in [-0.3, -0.25) is 4.68 Å². The molecule has 0 unspecified atom stereocenters. The van der Waals surface area contributed by atoms with Gasteiger partial charge in [-0.2, -0.15) is 10.1 Å². The molecule has 0 N–H and O–H groups in total. The summed E-state index contributed by atoms with van der Waals surface area (Å²) in [7, 11) is 2.18. The van der Waals surface area contributed by atoms with E-state index in [1.807, 2.05) is 16.9 Å². The lowest BCUT2D eigenvalue weighted by atomic mass is 9.93. The largest absolute Gasteiger partial charge is 0.339 e. The van der Waals surface area contributed by atoms with Crippen molar-refractivity contribution in [2.45, 2.75) is 38.6 Å². The molecule has 1 fully saturated rings. The lowest BCUT2D eigenvalue weighted by Crippen LogP contribution is -2.31. The van der Waals surface area contributed by atoms with E-state index in [4.69, 9.17) is 4.52 Å². The number of hydrogen-bond donors (Lipinski definition) is 0. The molecule has 1 aliphatic heterocycles. The van der Waals surface area contributed by atoms with Crippen LogP contribution in [-0.2, 0) is 13.0 Å². The Balaban J connectivity index is 1.55. The van der Waals surface area contributed by atoms with Crippen LogP contribution >= 0.6 is 0 Å². The molecule has 21 heavy (non-hydrogen) atoms. The molecular formula is C15H23N5O. The Kier molecular flexibility index (Phi) is 4.34. The fraction of sp³-hybridized carbons (Fsp3) is 0.667. The number of rotatable bonds is 5. The number of nitrogens with zero attached hydrogens (tertiary/aromatic N) is 5. The van der Waals surface area contributed by atoms with Crippen LogP contribution in [0.3, 0.4) is 0 Å². The van der Waals surface area contributed by atoms with Crippen LogP contribution in [0.25, 0.3) is 0 Å². The van der Waals surface area contributed by atoms with Gasteiger partial charge in [0.05, 0.1) is 12.5 Å². The normalized spacial score (nSPS) is 19.0. The highest BCUT2D eigenvalue weighted by Gasteiger charge is 2.21. The Morgan fingerprint density at radius 3 is 2.90 bits per heavy atom. The van der Waals surface area contributed by atoms with Crippen LogP contribution in [-0.4, -0.2) is 45.0 Å². The minimum atomic E-state index is 0.184. The second-order valence-electron chi connectivity index (χ2n) is 6.13. The first kappa shape index (κ1) is 14.3. The highest BCUT2D eigenvalue weighted by atomic mass is 16.5. The SMILES string of the molecule is C[C@H](Cn1cccn1)c1nc(CC2CCN(C)CC2)no1. The molecule has 0 saturated carbocycles. The predicted molar refractivity (Wildman–Crippen MR) is 78.9 cm³/mol. The Hall–Kier alpha value is -1.69. The van der Waals surface area contributed by atoms with Gasteiger partial charge >= 0.3 is 0 Å². The average Bonchev–Trinajstić information content (AvgIpc) is 3.13. The molecule has 0 spiro atoms. The van der Waals surface area contributed by atoms with E-state index in [1.54, 1.807) is 6.20 Å². The number of aromatic nitrogens is 4. The summed E-state index contributed by atoms with van der Waals surface area (Å²) in [4.78, 5) is 6.95. The van der Waals surface area contributed by atoms with Crippen molar-refractivity contribution >= 4 is 0 Å². The van der Waals surface area contributed by atoms with E-state index in [1.165, 1.54) is 25.9 Å². The first-order valence-corrected chi connectivity index (χ1v) is 7.69. The summed E-state index contributed by atoms with van der Waals surface area (Å²) >= 11 is 0. The topological polar surface area (TPSA) is 60.0 Å². The van der Waals surface area contributed by atoms with Crippen LogP contribution in [0.1, 0.15) is 37.4 Å². The smallest absolute Gasteiger partial charge is 0.231 e. The standard InChI is InChI=1S/C15H23N5O/c1-12(11-20-7-3-6-16-20)15-17-14(18-21-15)10-13-4-8-19(2)9-5-13/h3,6-7,12-13H,4-5,8-11H2,1-2H3/t12-/m1/s1. The highest BCUT2D eigenvalue weighted by molar-refractivity contribution is 4.94. The lowest BCUT2D eigenvalue weighted by Gasteiger charge is -2.28. The highest BCUT2D eigenvalue weighted by Crippen LogP contribution is 2.21. The van der Waals surface area contributed by atoms with Gasteiger partial charge in [0, 0.05) is 18.8 Å². The fourth-order valence-corrected chi connectivity index (χ4v) is 2.84. The van der Waals surface area contributed by atoms with Crippen molar-refractivity contribution in [1.82, 2.24) is 24.8 Å². The maximum atomic E-state index is 5.43. The van der Waals surface area contributed by atoms with Gasteiger partial charge in [0.25, 0.3) is 0 Å². The van der Waals surface area contributed by atoms with Crippen molar-refractivity contribution < 1.29 is 4.52 Å². The summed E-state index contributed by atoms with van der Waals surface area (Å²) in [6.45, 7) is 5.20. The maximum Gasteiger partial charge on any atom is 0.231 e. The van der Waals surface area contributed by atoms with Gasteiger partial charge in [-0.25, -0.2) is 0 Å².